The predicted molar refractivity (Wildman–Crippen MR) is 127 cm³/mol. The van der Waals surface area contributed by atoms with Crippen LogP contribution in [-0.2, 0) is 17.8 Å². The smallest absolute Gasteiger partial charge is 0.191 e. The Kier molecular flexibility index (Phi) is 10.9. The highest BCUT2D eigenvalue weighted by atomic mass is 127. The van der Waals surface area contributed by atoms with E-state index in [4.69, 9.17) is 4.74 Å². The molecular weight excluding hydrogens is 463 g/mol. The van der Waals surface area contributed by atoms with Crippen molar-refractivity contribution < 1.29 is 4.74 Å². The Morgan fingerprint density at radius 2 is 1.82 bits per heavy atom. The number of benzene rings is 1. The maximum absolute atomic E-state index is 5.41. The van der Waals surface area contributed by atoms with Crippen molar-refractivity contribution in [3.63, 3.8) is 0 Å². The SMILES string of the molecule is CN=C(NCCC1=CCCCC1)NCc1ccc(CN2CCOCC2)cc1.I. The van der Waals surface area contributed by atoms with E-state index in [1.807, 2.05) is 7.05 Å². The molecule has 0 bridgehead atoms. The van der Waals surface area contributed by atoms with Crippen LogP contribution in [0.1, 0.15) is 43.2 Å². The van der Waals surface area contributed by atoms with Crippen LogP contribution in [0.2, 0.25) is 0 Å². The summed E-state index contributed by atoms with van der Waals surface area (Å²) in [6.45, 7) is 6.52. The molecule has 1 aliphatic heterocycles. The largest absolute Gasteiger partial charge is 0.379 e. The number of ether oxygens (including phenoxy) is 1. The summed E-state index contributed by atoms with van der Waals surface area (Å²) in [5, 5.41) is 6.85. The van der Waals surface area contributed by atoms with Crippen LogP contribution in [0.5, 0.6) is 0 Å². The molecule has 1 heterocycles. The van der Waals surface area contributed by atoms with Crippen LogP contribution in [0.3, 0.4) is 0 Å². The van der Waals surface area contributed by atoms with Crippen molar-refractivity contribution in [2.75, 3.05) is 39.9 Å². The van der Waals surface area contributed by atoms with Gasteiger partial charge in [-0.3, -0.25) is 9.89 Å². The van der Waals surface area contributed by atoms with E-state index in [0.29, 0.717) is 0 Å². The number of rotatable bonds is 7. The highest BCUT2D eigenvalue weighted by Crippen LogP contribution is 2.19. The predicted octanol–water partition coefficient (Wildman–Crippen LogP) is 3.69. The number of morpholine rings is 1. The Labute approximate surface area is 187 Å². The van der Waals surface area contributed by atoms with Crippen LogP contribution in [0, 0.1) is 0 Å². The van der Waals surface area contributed by atoms with Crippen LogP contribution in [-0.4, -0.2) is 50.8 Å². The van der Waals surface area contributed by atoms with Gasteiger partial charge in [-0.25, -0.2) is 0 Å². The van der Waals surface area contributed by atoms with E-state index in [2.05, 4.69) is 50.9 Å². The summed E-state index contributed by atoms with van der Waals surface area (Å²) in [6, 6.07) is 8.89. The molecule has 3 rings (SSSR count). The Hall–Kier alpha value is -1.12. The lowest BCUT2D eigenvalue weighted by molar-refractivity contribution is 0.0342. The Morgan fingerprint density at radius 3 is 2.50 bits per heavy atom. The number of nitrogens with one attached hydrogen (secondary N) is 2. The Balaban J connectivity index is 0.00000280. The molecule has 0 spiro atoms. The molecule has 0 aromatic heterocycles. The fraction of sp³-hybridized carbons (Fsp3) is 0.591. The molecule has 0 unspecified atom stereocenters. The topological polar surface area (TPSA) is 48.9 Å². The third-order valence-electron chi connectivity index (χ3n) is 5.34. The number of guanidine groups is 1. The summed E-state index contributed by atoms with van der Waals surface area (Å²) >= 11 is 0. The Bertz CT molecular complexity index is 624. The quantitative estimate of drug-likeness (QED) is 0.261. The van der Waals surface area contributed by atoms with Crippen molar-refractivity contribution in [1.82, 2.24) is 15.5 Å². The van der Waals surface area contributed by atoms with Gasteiger partial charge in [0.2, 0.25) is 0 Å². The van der Waals surface area contributed by atoms with E-state index in [-0.39, 0.29) is 24.0 Å². The zero-order valence-corrected chi connectivity index (χ0v) is 19.4. The van der Waals surface area contributed by atoms with Gasteiger partial charge in [0.05, 0.1) is 13.2 Å². The normalized spacial score (nSPS) is 18.2. The van der Waals surface area contributed by atoms with Crippen molar-refractivity contribution in [2.24, 2.45) is 4.99 Å². The molecule has 6 heteroatoms. The summed E-state index contributed by atoms with van der Waals surface area (Å²) in [5.74, 6) is 0.879. The van der Waals surface area contributed by atoms with Crippen molar-refractivity contribution >= 4 is 29.9 Å². The second-order valence-corrected chi connectivity index (χ2v) is 7.42. The zero-order valence-electron chi connectivity index (χ0n) is 17.1. The molecule has 1 aliphatic carbocycles. The highest BCUT2D eigenvalue weighted by molar-refractivity contribution is 14.0. The molecule has 1 aromatic carbocycles. The first-order valence-corrected chi connectivity index (χ1v) is 10.3. The van der Waals surface area contributed by atoms with E-state index in [1.165, 1.54) is 36.8 Å². The Morgan fingerprint density at radius 1 is 1.07 bits per heavy atom. The first-order chi connectivity index (χ1) is 13.3. The maximum Gasteiger partial charge on any atom is 0.191 e. The van der Waals surface area contributed by atoms with Gasteiger partial charge < -0.3 is 15.4 Å². The van der Waals surface area contributed by atoms with E-state index >= 15 is 0 Å². The first kappa shape index (κ1) is 23.2. The van der Waals surface area contributed by atoms with Crippen LogP contribution in [0.15, 0.2) is 40.9 Å². The molecule has 1 aromatic rings. The van der Waals surface area contributed by atoms with E-state index in [0.717, 1.165) is 58.3 Å². The number of allylic oxidation sites excluding steroid dienone is 1. The van der Waals surface area contributed by atoms with Crippen molar-refractivity contribution in [3.8, 4) is 0 Å². The van der Waals surface area contributed by atoms with Gasteiger partial charge in [-0.15, -0.1) is 24.0 Å². The van der Waals surface area contributed by atoms with Crippen LogP contribution < -0.4 is 10.6 Å². The van der Waals surface area contributed by atoms with Gasteiger partial charge in [-0.1, -0.05) is 35.9 Å². The molecule has 5 nitrogen and oxygen atoms in total. The number of nitrogens with zero attached hydrogens (tertiary/aromatic N) is 2. The molecule has 0 amide bonds. The molecule has 1 fully saturated rings. The third-order valence-corrected chi connectivity index (χ3v) is 5.34. The summed E-state index contributed by atoms with van der Waals surface area (Å²) in [7, 11) is 1.83. The van der Waals surface area contributed by atoms with Gasteiger partial charge >= 0.3 is 0 Å². The summed E-state index contributed by atoms with van der Waals surface area (Å²) in [5.41, 5.74) is 4.24. The molecular formula is C22H35IN4O. The summed E-state index contributed by atoms with van der Waals surface area (Å²) in [6.07, 6.45) is 8.76. The van der Waals surface area contributed by atoms with Crippen LogP contribution in [0.4, 0.5) is 0 Å². The summed E-state index contributed by atoms with van der Waals surface area (Å²) in [4.78, 5) is 6.79. The molecule has 1 saturated heterocycles. The molecule has 2 aliphatic rings. The average molecular weight is 498 g/mol. The summed E-state index contributed by atoms with van der Waals surface area (Å²) < 4.78 is 5.41. The maximum atomic E-state index is 5.41. The van der Waals surface area contributed by atoms with Gasteiger partial charge in [0.1, 0.15) is 0 Å². The van der Waals surface area contributed by atoms with Crippen LogP contribution >= 0.6 is 24.0 Å². The molecule has 156 valence electrons. The minimum atomic E-state index is 0. The number of halogens is 1. The second kappa shape index (κ2) is 13.2. The monoisotopic (exact) mass is 498 g/mol. The fourth-order valence-electron chi connectivity index (χ4n) is 3.66. The lowest BCUT2D eigenvalue weighted by Gasteiger charge is -2.26. The lowest BCUT2D eigenvalue weighted by Crippen LogP contribution is -2.37. The minimum absolute atomic E-state index is 0. The molecule has 0 radical (unpaired) electrons. The minimum Gasteiger partial charge on any atom is -0.379 e. The lowest BCUT2D eigenvalue weighted by atomic mass is 9.97. The number of aliphatic imine (C=N–C) groups is 1. The first-order valence-electron chi connectivity index (χ1n) is 10.3. The van der Waals surface area contributed by atoms with Gasteiger partial charge in [-0.05, 0) is 43.2 Å². The molecule has 0 saturated carbocycles. The van der Waals surface area contributed by atoms with E-state index in [9.17, 15) is 0 Å². The van der Waals surface area contributed by atoms with Gasteiger partial charge in [-0.2, -0.15) is 0 Å². The molecule has 0 atom stereocenters. The number of hydrogen-bond acceptors (Lipinski definition) is 3. The molecule has 2 N–H and O–H groups in total. The average Bonchev–Trinajstić information content (AvgIpc) is 2.73. The highest BCUT2D eigenvalue weighted by Gasteiger charge is 2.10. The fourth-order valence-corrected chi connectivity index (χ4v) is 3.66. The standard InChI is InChI=1S/C22H34N4O.HI/c1-23-22(24-12-11-19-5-3-2-4-6-19)25-17-20-7-9-21(10-8-20)18-26-13-15-27-16-14-26;/h5,7-10H,2-4,6,11-18H2,1H3,(H2,23,24,25);1H. The van der Waals surface area contributed by atoms with Crippen molar-refractivity contribution in [3.05, 3.63) is 47.0 Å². The van der Waals surface area contributed by atoms with E-state index in [1.54, 1.807) is 5.57 Å². The van der Waals surface area contributed by atoms with Crippen molar-refractivity contribution in [1.29, 1.82) is 0 Å². The van der Waals surface area contributed by atoms with E-state index < -0.39 is 0 Å². The number of hydrogen-bond donors (Lipinski definition) is 2. The molecule has 28 heavy (non-hydrogen) atoms. The third kappa shape index (κ3) is 8.09. The zero-order chi connectivity index (χ0) is 18.7. The van der Waals surface area contributed by atoms with Crippen molar-refractivity contribution in [2.45, 2.75) is 45.2 Å². The van der Waals surface area contributed by atoms with Gasteiger partial charge in [0.15, 0.2) is 5.96 Å². The van der Waals surface area contributed by atoms with Gasteiger partial charge in [0, 0.05) is 39.8 Å². The second-order valence-electron chi connectivity index (χ2n) is 7.42. The van der Waals surface area contributed by atoms with Gasteiger partial charge in [0.25, 0.3) is 0 Å². The van der Waals surface area contributed by atoms with Crippen LogP contribution in [0.25, 0.3) is 0 Å².